The van der Waals surface area contributed by atoms with Crippen LogP contribution in [0, 0.1) is 17.8 Å². The Bertz CT molecular complexity index is 976. The molecule has 0 aliphatic carbocycles. The van der Waals surface area contributed by atoms with E-state index < -0.39 is 73.5 Å². The third kappa shape index (κ3) is 10.3. The van der Waals surface area contributed by atoms with Crippen LogP contribution < -0.4 is 0 Å². The van der Waals surface area contributed by atoms with E-state index in [1.807, 2.05) is 27.7 Å². The van der Waals surface area contributed by atoms with Crippen LogP contribution in [0.15, 0.2) is 12.2 Å². The molecule has 3 rings (SSSR count). The van der Waals surface area contributed by atoms with Crippen LogP contribution in [0.1, 0.15) is 80.1 Å². The van der Waals surface area contributed by atoms with Crippen molar-refractivity contribution in [2.24, 2.45) is 17.8 Å². The lowest BCUT2D eigenvalue weighted by atomic mass is 9.84. The second-order valence-corrected chi connectivity index (χ2v) is 13.4. The fourth-order valence-electron chi connectivity index (χ4n) is 6.84. The van der Waals surface area contributed by atoms with Crippen LogP contribution in [0.3, 0.4) is 0 Å². The van der Waals surface area contributed by atoms with Crippen LogP contribution in [-0.4, -0.2) is 117 Å². The summed E-state index contributed by atoms with van der Waals surface area (Å²) in [6.45, 7) is 11.3. The van der Waals surface area contributed by atoms with Crippen molar-refractivity contribution >= 4 is 11.8 Å². The van der Waals surface area contributed by atoms with Crippen molar-refractivity contribution in [3.8, 4) is 0 Å². The number of carbonyl (C=O) groups is 2. The van der Waals surface area contributed by atoms with Crippen molar-refractivity contribution in [2.45, 2.75) is 154 Å². The number of methoxy groups -OCH3 is 3. The number of aliphatic hydroxyl groups is 2. The average Bonchev–Trinajstić information content (AvgIpc) is 3.01. The van der Waals surface area contributed by atoms with Gasteiger partial charge in [-0.15, -0.1) is 0 Å². The molecule has 2 fully saturated rings. The normalized spacial score (nSPS) is 44.8. The van der Waals surface area contributed by atoms with E-state index in [-0.39, 0.29) is 29.6 Å². The molecule has 0 aromatic rings. The molecule has 0 aromatic carbocycles. The van der Waals surface area contributed by atoms with Crippen molar-refractivity contribution in [3.63, 3.8) is 0 Å². The van der Waals surface area contributed by atoms with Gasteiger partial charge in [-0.3, -0.25) is 4.79 Å². The fraction of sp³-hybridized carbons (Fsp3) is 0.882. The maximum Gasteiger partial charge on any atom is 0.330 e. The molecule has 266 valence electrons. The minimum Gasteiger partial charge on any atom is -0.457 e. The van der Waals surface area contributed by atoms with Gasteiger partial charge in [0.2, 0.25) is 0 Å². The summed E-state index contributed by atoms with van der Waals surface area (Å²) in [5.41, 5.74) is 0. The minimum absolute atomic E-state index is 0.0886. The molecule has 0 saturated carbocycles. The van der Waals surface area contributed by atoms with Crippen LogP contribution >= 0.6 is 0 Å². The lowest BCUT2D eigenvalue weighted by Gasteiger charge is -2.43. The summed E-state index contributed by atoms with van der Waals surface area (Å²) in [5, 5.41) is 21.5. The summed E-state index contributed by atoms with van der Waals surface area (Å²) < 4.78 is 47.2. The number of esters is 1. The van der Waals surface area contributed by atoms with E-state index >= 15 is 0 Å². The Balaban J connectivity index is 1.81. The Hall–Kier alpha value is -1.48. The van der Waals surface area contributed by atoms with Crippen molar-refractivity contribution in [1.82, 2.24) is 0 Å². The number of hydrogen-bond acceptors (Lipinski definition) is 12. The number of aliphatic hydroxyl groups excluding tert-OH is 2. The second-order valence-electron chi connectivity index (χ2n) is 13.4. The molecule has 12 nitrogen and oxygen atoms in total. The highest BCUT2D eigenvalue weighted by molar-refractivity contribution is 5.82. The number of ether oxygens (including phenoxy) is 8. The Labute approximate surface area is 274 Å². The van der Waals surface area contributed by atoms with Crippen molar-refractivity contribution in [1.29, 1.82) is 0 Å². The van der Waals surface area contributed by atoms with E-state index in [9.17, 15) is 19.8 Å². The first-order chi connectivity index (χ1) is 21.8. The highest BCUT2D eigenvalue weighted by Gasteiger charge is 2.46. The van der Waals surface area contributed by atoms with Gasteiger partial charge in [-0.25, -0.2) is 4.79 Å². The first-order valence-corrected chi connectivity index (χ1v) is 16.8. The molecule has 0 amide bonds. The van der Waals surface area contributed by atoms with Gasteiger partial charge in [0.1, 0.15) is 36.3 Å². The topological polar surface area (TPSA) is 148 Å². The van der Waals surface area contributed by atoms with Gasteiger partial charge in [0.05, 0.1) is 30.5 Å². The zero-order valence-electron chi connectivity index (χ0n) is 29.0. The molecule has 12 heteroatoms. The Morgan fingerprint density at radius 3 is 2.09 bits per heavy atom. The predicted molar refractivity (Wildman–Crippen MR) is 168 cm³/mol. The molecule has 3 aliphatic rings. The van der Waals surface area contributed by atoms with E-state index in [1.54, 1.807) is 27.0 Å². The summed E-state index contributed by atoms with van der Waals surface area (Å²) in [6.07, 6.45) is -1.51. The predicted octanol–water partition coefficient (Wildman–Crippen LogP) is 3.33. The number of carbonyl (C=O) groups excluding carboxylic acids is 2. The maximum atomic E-state index is 13.2. The molecule has 0 radical (unpaired) electrons. The van der Waals surface area contributed by atoms with Gasteiger partial charge in [0.25, 0.3) is 0 Å². The Morgan fingerprint density at radius 2 is 1.43 bits per heavy atom. The summed E-state index contributed by atoms with van der Waals surface area (Å²) in [4.78, 5) is 26.3. The first kappa shape index (κ1) is 39.0. The molecule has 0 bridgehead atoms. The largest absolute Gasteiger partial charge is 0.457 e. The van der Waals surface area contributed by atoms with Gasteiger partial charge < -0.3 is 48.1 Å². The molecular formula is C34H58O12. The highest BCUT2D eigenvalue weighted by Crippen LogP contribution is 2.32. The summed E-state index contributed by atoms with van der Waals surface area (Å²) in [7, 11) is 4.54. The van der Waals surface area contributed by atoms with Gasteiger partial charge >= 0.3 is 5.97 Å². The number of Topliss-reactive ketones (excluding diaryl/α,β-unsaturated/α-hetero) is 1. The summed E-state index contributed by atoms with van der Waals surface area (Å²) in [6, 6.07) is 0. The molecule has 3 aliphatic heterocycles. The summed E-state index contributed by atoms with van der Waals surface area (Å²) in [5.74, 6) is -0.953. The summed E-state index contributed by atoms with van der Waals surface area (Å²) >= 11 is 0. The number of ketones is 1. The molecule has 46 heavy (non-hydrogen) atoms. The molecule has 2 N–H and O–H groups in total. The third-order valence-corrected chi connectivity index (χ3v) is 9.67. The van der Waals surface area contributed by atoms with E-state index in [4.69, 9.17) is 37.9 Å². The van der Waals surface area contributed by atoms with Crippen molar-refractivity contribution in [2.75, 3.05) is 21.3 Å². The monoisotopic (exact) mass is 658 g/mol. The molecule has 1 unspecified atom stereocenters. The van der Waals surface area contributed by atoms with E-state index in [0.29, 0.717) is 38.5 Å². The molecule has 0 spiro atoms. The number of hydrogen-bond donors (Lipinski definition) is 2. The molecular weight excluding hydrogens is 600 g/mol. The van der Waals surface area contributed by atoms with Gasteiger partial charge in [0, 0.05) is 52.1 Å². The lowest BCUT2D eigenvalue weighted by Crippen LogP contribution is -2.59. The van der Waals surface area contributed by atoms with Gasteiger partial charge in [0.15, 0.2) is 12.6 Å². The van der Waals surface area contributed by atoms with Crippen molar-refractivity contribution in [3.05, 3.63) is 12.2 Å². The quantitative estimate of drug-likeness (QED) is 0.387. The average molecular weight is 659 g/mol. The lowest BCUT2D eigenvalue weighted by molar-refractivity contribution is -0.317. The second kappa shape index (κ2) is 18.3. The number of cyclic esters (lactones) is 1. The molecule has 2 saturated heterocycles. The van der Waals surface area contributed by atoms with E-state index in [1.165, 1.54) is 20.3 Å². The first-order valence-electron chi connectivity index (χ1n) is 16.8. The minimum atomic E-state index is -0.983. The number of rotatable bonds is 7. The van der Waals surface area contributed by atoms with Crippen LogP contribution in [-0.2, 0) is 47.5 Å². The standard InChI is InChI=1S/C34H58O12/c1-18-14-15-27(36)43-22(5)25(45-34-32(41-9)31(40-8)28(37)23(6)44-34)13-11-10-12-24(35)19(2)16-20(3)30(18)46-33-29(38)26(39-7)17-21(4)42-33/h14-15,18-23,25-26,28-34,37-38H,10-13,16-17H2,1-9H3/b15-14+/t18-,19+,20-,21+,22+,23+,25+,26-,28+,29+,30?,31+,32+,33-,34-/m0/s1. The fourth-order valence-corrected chi connectivity index (χ4v) is 6.84. The zero-order chi connectivity index (χ0) is 34.1. The van der Waals surface area contributed by atoms with Crippen molar-refractivity contribution < 1.29 is 57.7 Å². The van der Waals surface area contributed by atoms with Gasteiger partial charge in [-0.1, -0.05) is 33.3 Å². The van der Waals surface area contributed by atoms with Crippen LogP contribution in [0.25, 0.3) is 0 Å². The molecule has 3 heterocycles. The molecule has 0 aromatic heterocycles. The SMILES string of the molecule is CO[C@@H]1[C@H](O)[C@@H](C)O[C@@H](O[C@@H]2CCCCC(=O)[C@H](C)C[C@H](C)C(O[C@@H]3O[C@H](C)C[C@H](OC)[C@H]3O)[C@@H](C)/C=C/C(=O)O[C@@H]2C)[C@@H]1OC. The van der Waals surface area contributed by atoms with Crippen LogP contribution in [0.5, 0.6) is 0 Å². The van der Waals surface area contributed by atoms with Crippen LogP contribution in [0.4, 0.5) is 0 Å². The zero-order valence-corrected chi connectivity index (χ0v) is 29.0. The Kier molecular flexibility index (Phi) is 15.5. The maximum absolute atomic E-state index is 13.2. The third-order valence-electron chi connectivity index (χ3n) is 9.67. The van der Waals surface area contributed by atoms with Gasteiger partial charge in [-0.2, -0.15) is 0 Å². The smallest absolute Gasteiger partial charge is 0.330 e. The van der Waals surface area contributed by atoms with E-state index in [0.717, 1.165) is 0 Å². The van der Waals surface area contributed by atoms with Crippen LogP contribution in [0.2, 0.25) is 0 Å². The highest BCUT2D eigenvalue weighted by atomic mass is 16.7. The van der Waals surface area contributed by atoms with E-state index in [2.05, 4.69) is 0 Å². The Morgan fingerprint density at radius 1 is 0.739 bits per heavy atom. The van der Waals surface area contributed by atoms with Gasteiger partial charge in [-0.05, 0) is 46.0 Å². The molecule has 15 atom stereocenters.